The van der Waals surface area contributed by atoms with E-state index in [1.165, 1.54) is 24.0 Å². The third kappa shape index (κ3) is 4.42. The molecule has 0 spiro atoms. The number of benzene rings is 2. The summed E-state index contributed by atoms with van der Waals surface area (Å²) in [5.41, 5.74) is 3.49. The highest BCUT2D eigenvalue weighted by Gasteiger charge is 2.35. The summed E-state index contributed by atoms with van der Waals surface area (Å²) < 4.78 is 12.2. The smallest absolute Gasteiger partial charge is 0.261 e. The molecule has 1 aliphatic carbocycles. The van der Waals surface area contributed by atoms with Gasteiger partial charge in [-0.15, -0.1) is 0 Å². The van der Waals surface area contributed by atoms with E-state index in [9.17, 15) is 4.79 Å². The van der Waals surface area contributed by atoms with Gasteiger partial charge in [0, 0.05) is 12.0 Å². The van der Waals surface area contributed by atoms with Gasteiger partial charge in [0.25, 0.3) is 5.91 Å². The van der Waals surface area contributed by atoms with Crippen LogP contribution in [-0.4, -0.2) is 17.6 Å². The average Bonchev–Trinajstić information content (AvgIpc) is 2.71. The first-order valence-corrected chi connectivity index (χ1v) is 10.8. The fraction of sp³-hybridized carbons (Fsp3) is 0.480. The summed E-state index contributed by atoms with van der Waals surface area (Å²) in [6.07, 6.45) is 5.58. The molecule has 0 fully saturated rings. The number of aryl methyl sites for hydroxylation is 2. The molecular weight excluding hydrogens is 362 g/mol. The monoisotopic (exact) mass is 393 g/mol. The molecule has 4 nitrogen and oxygen atoms in total. The lowest BCUT2D eigenvalue weighted by molar-refractivity contribution is -0.129. The molecule has 0 saturated heterocycles. The number of rotatable bonds is 5. The minimum absolute atomic E-state index is 0.0669. The standard InChI is InChI=1S/C25H31NO3/c1-4-22(28-19-14-13-17-9-5-6-10-18(17)15-19)24(27)26-21-16-25(2,3)29-23-12-8-7-11-20(21)23/h7-8,11-15,21-22H,4-6,9-10,16H2,1-3H3,(H,26,27). The van der Waals surface area contributed by atoms with E-state index in [1.54, 1.807) is 0 Å². The maximum Gasteiger partial charge on any atom is 0.261 e. The molecule has 2 aromatic carbocycles. The summed E-state index contributed by atoms with van der Waals surface area (Å²) in [7, 11) is 0. The molecule has 4 heteroatoms. The maximum absolute atomic E-state index is 13.1. The highest BCUT2D eigenvalue weighted by atomic mass is 16.5. The number of amides is 1. The molecule has 1 amide bonds. The fourth-order valence-electron chi connectivity index (χ4n) is 4.47. The zero-order valence-corrected chi connectivity index (χ0v) is 17.7. The summed E-state index contributed by atoms with van der Waals surface area (Å²) in [6, 6.07) is 14.2. The van der Waals surface area contributed by atoms with Crippen molar-refractivity contribution in [2.75, 3.05) is 0 Å². The van der Waals surface area contributed by atoms with Gasteiger partial charge in [-0.2, -0.15) is 0 Å². The molecule has 0 radical (unpaired) electrons. The third-order valence-corrected chi connectivity index (χ3v) is 5.95. The van der Waals surface area contributed by atoms with Crippen LogP contribution in [0.4, 0.5) is 0 Å². The maximum atomic E-state index is 13.1. The number of hydrogen-bond donors (Lipinski definition) is 1. The zero-order valence-electron chi connectivity index (χ0n) is 17.7. The molecule has 4 rings (SSSR count). The molecule has 1 heterocycles. The Hall–Kier alpha value is -2.49. The molecule has 2 unspecified atom stereocenters. The Bertz CT molecular complexity index is 889. The van der Waals surface area contributed by atoms with Crippen molar-refractivity contribution < 1.29 is 14.3 Å². The lowest BCUT2D eigenvalue weighted by Gasteiger charge is -2.38. The highest BCUT2D eigenvalue weighted by molar-refractivity contribution is 5.81. The number of carbonyl (C=O) groups is 1. The van der Waals surface area contributed by atoms with Gasteiger partial charge >= 0.3 is 0 Å². The van der Waals surface area contributed by atoms with Gasteiger partial charge in [0.1, 0.15) is 17.1 Å². The average molecular weight is 394 g/mol. The van der Waals surface area contributed by atoms with E-state index in [4.69, 9.17) is 9.47 Å². The van der Waals surface area contributed by atoms with E-state index in [1.807, 2.05) is 37.3 Å². The van der Waals surface area contributed by atoms with Crippen LogP contribution in [0.1, 0.15) is 69.2 Å². The Morgan fingerprint density at radius 3 is 2.72 bits per heavy atom. The lowest BCUT2D eigenvalue weighted by Crippen LogP contribution is -2.45. The molecule has 2 aromatic rings. The van der Waals surface area contributed by atoms with Crippen molar-refractivity contribution in [2.24, 2.45) is 0 Å². The Labute approximate surface area is 173 Å². The van der Waals surface area contributed by atoms with Crippen LogP contribution in [0.5, 0.6) is 11.5 Å². The molecule has 0 bridgehead atoms. The second-order valence-electron chi connectivity index (χ2n) is 8.82. The van der Waals surface area contributed by atoms with Crippen LogP contribution in [0.2, 0.25) is 0 Å². The first-order chi connectivity index (χ1) is 13.9. The molecule has 2 aliphatic rings. The molecule has 0 aromatic heterocycles. The van der Waals surface area contributed by atoms with E-state index >= 15 is 0 Å². The second kappa shape index (κ2) is 8.10. The minimum Gasteiger partial charge on any atom is -0.487 e. The number of carbonyl (C=O) groups excluding carboxylic acids is 1. The molecule has 0 saturated carbocycles. The Morgan fingerprint density at radius 2 is 1.93 bits per heavy atom. The van der Waals surface area contributed by atoms with Gasteiger partial charge in [-0.1, -0.05) is 31.2 Å². The number of nitrogens with one attached hydrogen (secondary N) is 1. The Balaban J connectivity index is 1.48. The van der Waals surface area contributed by atoms with Crippen molar-refractivity contribution in [1.82, 2.24) is 5.32 Å². The van der Waals surface area contributed by atoms with Gasteiger partial charge in [0.2, 0.25) is 0 Å². The van der Waals surface area contributed by atoms with Crippen molar-refractivity contribution in [3.05, 3.63) is 59.2 Å². The number of ether oxygens (including phenoxy) is 2. The zero-order chi connectivity index (χ0) is 20.4. The van der Waals surface area contributed by atoms with Gasteiger partial charge < -0.3 is 14.8 Å². The summed E-state index contributed by atoms with van der Waals surface area (Å²) in [5, 5.41) is 3.22. The first kappa shape index (κ1) is 19.8. The van der Waals surface area contributed by atoms with E-state index in [0.29, 0.717) is 6.42 Å². The molecule has 2 atom stereocenters. The van der Waals surface area contributed by atoms with Crippen molar-refractivity contribution in [1.29, 1.82) is 0 Å². The van der Waals surface area contributed by atoms with Gasteiger partial charge in [-0.25, -0.2) is 0 Å². The predicted molar refractivity (Wildman–Crippen MR) is 114 cm³/mol. The second-order valence-corrected chi connectivity index (χ2v) is 8.82. The van der Waals surface area contributed by atoms with Gasteiger partial charge in [0.15, 0.2) is 6.10 Å². The van der Waals surface area contributed by atoms with Crippen LogP contribution in [-0.2, 0) is 17.6 Å². The number of para-hydroxylation sites is 1. The van der Waals surface area contributed by atoms with Crippen molar-refractivity contribution in [3.8, 4) is 11.5 Å². The van der Waals surface area contributed by atoms with Gasteiger partial charge in [0.05, 0.1) is 6.04 Å². The molecular formula is C25H31NO3. The van der Waals surface area contributed by atoms with Crippen molar-refractivity contribution in [3.63, 3.8) is 0 Å². The summed E-state index contributed by atoms with van der Waals surface area (Å²) in [6.45, 7) is 6.11. The van der Waals surface area contributed by atoms with Gasteiger partial charge in [-0.3, -0.25) is 4.79 Å². The first-order valence-electron chi connectivity index (χ1n) is 10.8. The summed E-state index contributed by atoms with van der Waals surface area (Å²) >= 11 is 0. The lowest BCUT2D eigenvalue weighted by atomic mass is 9.89. The largest absolute Gasteiger partial charge is 0.487 e. The van der Waals surface area contributed by atoms with Crippen LogP contribution in [0.3, 0.4) is 0 Å². The van der Waals surface area contributed by atoms with E-state index in [2.05, 4.69) is 31.3 Å². The van der Waals surface area contributed by atoms with E-state index in [-0.39, 0.29) is 17.6 Å². The Kier molecular flexibility index (Phi) is 5.53. The summed E-state index contributed by atoms with van der Waals surface area (Å²) in [5.74, 6) is 1.57. The van der Waals surface area contributed by atoms with Crippen molar-refractivity contribution in [2.45, 2.75) is 77.0 Å². The summed E-state index contributed by atoms with van der Waals surface area (Å²) in [4.78, 5) is 13.1. The highest BCUT2D eigenvalue weighted by Crippen LogP contribution is 2.39. The SMILES string of the molecule is CCC(Oc1ccc2c(c1)CCCC2)C(=O)NC1CC(C)(C)Oc2ccccc21. The molecule has 29 heavy (non-hydrogen) atoms. The predicted octanol–water partition coefficient (Wildman–Crippen LogP) is 5.14. The minimum atomic E-state index is -0.505. The van der Waals surface area contributed by atoms with Crippen LogP contribution in [0.25, 0.3) is 0 Å². The van der Waals surface area contributed by atoms with Crippen LogP contribution < -0.4 is 14.8 Å². The van der Waals surface area contributed by atoms with Crippen LogP contribution in [0.15, 0.2) is 42.5 Å². The normalized spacial score (nSPS) is 20.6. The number of hydrogen-bond acceptors (Lipinski definition) is 3. The van der Waals surface area contributed by atoms with E-state index in [0.717, 1.165) is 36.3 Å². The third-order valence-electron chi connectivity index (χ3n) is 5.95. The topological polar surface area (TPSA) is 47.6 Å². The van der Waals surface area contributed by atoms with Gasteiger partial charge in [-0.05, 0) is 75.3 Å². The molecule has 154 valence electrons. The van der Waals surface area contributed by atoms with Crippen molar-refractivity contribution >= 4 is 5.91 Å². The molecule has 1 N–H and O–H groups in total. The Morgan fingerprint density at radius 1 is 1.17 bits per heavy atom. The number of fused-ring (bicyclic) bond motifs is 2. The van der Waals surface area contributed by atoms with Crippen LogP contribution in [0, 0.1) is 0 Å². The van der Waals surface area contributed by atoms with Crippen LogP contribution >= 0.6 is 0 Å². The quantitative estimate of drug-likeness (QED) is 0.765. The fourth-order valence-corrected chi connectivity index (χ4v) is 4.47. The molecule has 1 aliphatic heterocycles. The van der Waals surface area contributed by atoms with E-state index < -0.39 is 6.10 Å².